The number of benzene rings is 1. The molecule has 120 valence electrons. The maximum atomic E-state index is 13.5. The van der Waals surface area contributed by atoms with Gasteiger partial charge in [-0.1, -0.05) is 0 Å². The van der Waals surface area contributed by atoms with Gasteiger partial charge in [0.2, 0.25) is 5.82 Å². The van der Waals surface area contributed by atoms with Gasteiger partial charge in [0.25, 0.3) is 0 Å². The SMILES string of the molecule is CN(C)C(=C\C=[N+](C)C)/C=C/c1c(F)c(F)c(F)c(F)c1F. The molecular weight excluding hydrogens is 303 g/mol. The van der Waals surface area contributed by atoms with Gasteiger partial charge in [0.1, 0.15) is 14.1 Å². The first-order chi connectivity index (χ1) is 10.2. The molecule has 0 aliphatic carbocycles. The summed E-state index contributed by atoms with van der Waals surface area (Å²) >= 11 is 0. The third-order valence-corrected chi connectivity index (χ3v) is 2.72. The van der Waals surface area contributed by atoms with Gasteiger partial charge >= 0.3 is 0 Å². The Bertz CT molecular complexity index is 627. The molecule has 0 aromatic heterocycles. The first kappa shape index (κ1) is 17.9. The molecule has 0 aliphatic rings. The van der Waals surface area contributed by atoms with Crippen LogP contribution in [0.5, 0.6) is 0 Å². The van der Waals surface area contributed by atoms with E-state index in [0.29, 0.717) is 5.70 Å². The Morgan fingerprint density at radius 3 is 1.73 bits per heavy atom. The number of allylic oxidation sites excluding steroid dienone is 2. The van der Waals surface area contributed by atoms with E-state index in [2.05, 4.69) is 0 Å². The van der Waals surface area contributed by atoms with Gasteiger partial charge in [0.05, 0.1) is 5.56 Å². The maximum Gasteiger partial charge on any atom is 0.200 e. The molecule has 0 saturated carbocycles. The van der Waals surface area contributed by atoms with Crippen LogP contribution in [0.25, 0.3) is 6.08 Å². The molecule has 0 amide bonds. The normalized spacial score (nSPS) is 12.0. The molecule has 0 radical (unpaired) electrons. The van der Waals surface area contributed by atoms with Crippen LogP contribution < -0.4 is 0 Å². The molecule has 1 aromatic rings. The fourth-order valence-electron chi connectivity index (χ4n) is 1.52. The predicted octanol–water partition coefficient (Wildman–Crippen LogP) is 3.18. The first-order valence-electron chi connectivity index (χ1n) is 6.25. The van der Waals surface area contributed by atoms with Crippen LogP contribution in [0.15, 0.2) is 17.8 Å². The number of rotatable bonds is 4. The fourth-order valence-corrected chi connectivity index (χ4v) is 1.52. The van der Waals surface area contributed by atoms with Crippen LogP contribution in [0.2, 0.25) is 0 Å². The highest BCUT2D eigenvalue weighted by molar-refractivity contribution is 5.69. The molecule has 2 nitrogen and oxygen atoms in total. The smallest absolute Gasteiger partial charge is 0.200 e. The van der Waals surface area contributed by atoms with Crippen molar-refractivity contribution >= 4 is 12.3 Å². The molecule has 1 rings (SSSR count). The van der Waals surface area contributed by atoms with Gasteiger partial charge in [-0.05, 0) is 12.2 Å². The molecule has 0 N–H and O–H groups in total. The Morgan fingerprint density at radius 2 is 1.32 bits per heavy atom. The Labute approximate surface area is 125 Å². The van der Waals surface area contributed by atoms with Crippen molar-refractivity contribution in [3.63, 3.8) is 0 Å². The molecule has 22 heavy (non-hydrogen) atoms. The lowest BCUT2D eigenvalue weighted by Gasteiger charge is -2.12. The lowest BCUT2D eigenvalue weighted by atomic mass is 10.1. The van der Waals surface area contributed by atoms with E-state index in [1.807, 2.05) is 0 Å². The van der Waals surface area contributed by atoms with Crippen LogP contribution in [0, 0.1) is 29.1 Å². The average Bonchev–Trinajstić information content (AvgIpc) is 2.45. The van der Waals surface area contributed by atoms with Crippen molar-refractivity contribution in [2.45, 2.75) is 0 Å². The van der Waals surface area contributed by atoms with E-state index in [1.165, 1.54) is 6.08 Å². The van der Waals surface area contributed by atoms with Gasteiger partial charge in [-0.25, -0.2) is 26.5 Å². The van der Waals surface area contributed by atoms with Gasteiger partial charge in [0, 0.05) is 25.9 Å². The molecule has 0 fully saturated rings. The van der Waals surface area contributed by atoms with Crippen molar-refractivity contribution in [3.8, 4) is 0 Å². The van der Waals surface area contributed by atoms with Crippen LogP contribution >= 0.6 is 0 Å². The highest BCUT2D eigenvalue weighted by atomic mass is 19.2. The zero-order valence-corrected chi connectivity index (χ0v) is 12.6. The summed E-state index contributed by atoms with van der Waals surface area (Å²) in [6.07, 6.45) is 5.42. The second-order valence-corrected chi connectivity index (χ2v) is 4.92. The Morgan fingerprint density at radius 1 is 0.864 bits per heavy atom. The summed E-state index contributed by atoms with van der Waals surface area (Å²) in [6.45, 7) is 0. The lowest BCUT2D eigenvalue weighted by Crippen LogP contribution is -2.10. The standard InChI is InChI=1S/C15H16F5N2/c1-21(2)8-7-9(22(3)4)5-6-10-11(16)13(18)15(20)14(19)12(10)17/h5-8H,1-4H3/q+1/b6-5+. The monoisotopic (exact) mass is 319 g/mol. The van der Waals surface area contributed by atoms with Crippen LogP contribution in [-0.2, 0) is 0 Å². The summed E-state index contributed by atoms with van der Waals surface area (Å²) in [5, 5.41) is 0. The van der Waals surface area contributed by atoms with Crippen molar-refractivity contribution < 1.29 is 26.5 Å². The molecule has 7 heteroatoms. The average molecular weight is 319 g/mol. The van der Waals surface area contributed by atoms with Crippen molar-refractivity contribution in [1.82, 2.24) is 4.90 Å². The van der Waals surface area contributed by atoms with Crippen molar-refractivity contribution in [3.05, 3.63) is 52.5 Å². The van der Waals surface area contributed by atoms with E-state index in [1.54, 1.807) is 50.0 Å². The van der Waals surface area contributed by atoms with Gasteiger partial charge in [0.15, 0.2) is 29.5 Å². The van der Waals surface area contributed by atoms with E-state index in [9.17, 15) is 22.0 Å². The second-order valence-electron chi connectivity index (χ2n) is 4.92. The van der Waals surface area contributed by atoms with E-state index >= 15 is 0 Å². The Hall–Kier alpha value is -2.18. The Balaban J connectivity index is 3.34. The van der Waals surface area contributed by atoms with E-state index in [0.717, 1.165) is 6.08 Å². The van der Waals surface area contributed by atoms with Gasteiger partial charge in [-0.2, -0.15) is 0 Å². The Kier molecular flexibility index (Phi) is 5.84. The topological polar surface area (TPSA) is 6.25 Å². The highest BCUT2D eigenvalue weighted by Gasteiger charge is 2.24. The fraction of sp³-hybridized carbons (Fsp3) is 0.267. The number of likely N-dealkylation sites (N-methyl/N-ethyl adjacent to an activating group) is 1. The largest absolute Gasteiger partial charge is 0.377 e. The van der Waals surface area contributed by atoms with E-state index in [4.69, 9.17) is 0 Å². The number of halogens is 5. The minimum absolute atomic E-state index is 0.512. The molecule has 0 aliphatic heterocycles. The number of nitrogens with zero attached hydrogens (tertiary/aromatic N) is 2. The molecule has 0 spiro atoms. The minimum atomic E-state index is -2.17. The van der Waals surface area contributed by atoms with Crippen molar-refractivity contribution in [2.24, 2.45) is 0 Å². The highest BCUT2D eigenvalue weighted by Crippen LogP contribution is 2.24. The summed E-state index contributed by atoms with van der Waals surface area (Å²) in [4.78, 5) is 1.63. The summed E-state index contributed by atoms with van der Waals surface area (Å²) in [6, 6.07) is 0. The molecule has 0 saturated heterocycles. The minimum Gasteiger partial charge on any atom is -0.377 e. The first-order valence-corrected chi connectivity index (χ1v) is 6.25. The van der Waals surface area contributed by atoms with Crippen LogP contribution in [0.4, 0.5) is 22.0 Å². The third-order valence-electron chi connectivity index (χ3n) is 2.72. The molecule has 0 heterocycles. The number of hydrogen-bond acceptors (Lipinski definition) is 1. The van der Waals surface area contributed by atoms with E-state index in [-0.39, 0.29) is 0 Å². The predicted molar refractivity (Wildman–Crippen MR) is 75.2 cm³/mol. The quantitative estimate of drug-likeness (QED) is 0.206. The molecule has 0 bridgehead atoms. The summed E-state index contributed by atoms with van der Waals surface area (Å²) in [5.74, 6) is -9.82. The zero-order chi connectivity index (χ0) is 17.0. The molecular formula is C15H16F5N2+. The van der Waals surface area contributed by atoms with E-state index < -0.39 is 34.6 Å². The molecule has 1 aromatic carbocycles. The summed E-state index contributed by atoms with van der Waals surface area (Å²) < 4.78 is 68.0. The van der Waals surface area contributed by atoms with Crippen LogP contribution in [-0.4, -0.2) is 43.9 Å². The zero-order valence-electron chi connectivity index (χ0n) is 12.6. The molecule has 0 atom stereocenters. The van der Waals surface area contributed by atoms with Gasteiger partial charge in [-0.15, -0.1) is 0 Å². The summed E-state index contributed by atoms with van der Waals surface area (Å²) in [5.41, 5.74) is -0.466. The molecule has 0 unspecified atom stereocenters. The maximum absolute atomic E-state index is 13.5. The number of hydrogen-bond donors (Lipinski definition) is 0. The lowest BCUT2D eigenvalue weighted by molar-refractivity contribution is -0.458. The van der Waals surface area contributed by atoms with Gasteiger partial charge in [-0.3, -0.25) is 0 Å². The van der Waals surface area contributed by atoms with Crippen LogP contribution in [0.3, 0.4) is 0 Å². The third kappa shape index (κ3) is 3.93. The second kappa shape index (κ2) is 7.20. The van der Waals surface area contributed by atoms with Crippen LogP contribution in [0.1, 0.15) is 5.56 Å². The van der Waals surface area contributed by atoms with Crippen molar-refractivity contribution in [2.75, 3.05) is 28.2 Å². The van der Waals surface area contributed by atoms with Gasteiger partial charge < -0.3 is 4.90 Å². The van der Waals surface area contributed by atoms with Crippen molar-refractivity contribution in [1.29, 1.82) is 0 Å². The summed E-state index contributed by atoms with van der Waals surface area (Å²) in [7, 11) is 6.91.